The third-order valence-corrected chi connectivity index (χ3v) is 4.29. The monoisotopic (exact) mass is 375 g/mol. The number of benzene rings is 1. The molecule has 2 heterocycles. The van der Waals surface area contributed by atoms with Crippen LogP contribution in [0.25, 0.3) is 10.9 Å². The Bertz CT molecular complexity index is 849. The molecule has 0 saturated carbocycles. The number of aliphatic hydroxyl groups excluding tert-OH is 2. The Morgan fingerprint density at radius 2 is 2.08 bits per heavy atom. The lowest BCUT2D eigenvalue weighted by Gasteiger charge is -2.16. The van der Waals surface area contributed by atoms with E-state index >= 15 is 0 Å². The highest BCUT2D eigenvalue weighted by atomic mass is 31.2. The predicted octanol–water partition coefficient (Wildman–Crippen LogP) is -0.327. The van der Waals surface area contributed by atoms with E-state index in [0.29, 0.717) is 5.52 Å². The van der Waals surface area contributed by atoms with E-state index < -0.39 is 43.9 Å². The van der Waals surface area contributed by atoms with Crippen LogP contribution in [0.1, 0.15) is 6.23 Å². The van der Waals surface area contributed by atoms with Gasteiger partial charge in [-0.1, -0.05) is 6.07 Å². The van der Waals surface area contributed by atoms with Gasteiger partial charge in [-0.2, -0.15) is 5.10 Å². The number of phosphoric acid groups is 1. The molecule has 13 heteroatoms. The molecule has 1 aliphatic rings. The molecular weight excluding hydrogens is 361 g/mol. The summed E-state index contributed by atoms with van der Waals surface area (Å²) in [5, 5.41) is 35.4. The smallest absolute Gasteiger partial charge is 0.387 e. The van der Waals surface area contributed by atoms with Crippen molar-refractivity contribution in [3.63, 3.8) is 0 Å². The fourth-order valence-electron chi connectivity index (χ4n) is 2.66. The van der Waals surface area contributed by atoms with Gasteiger partial charge < -0.3 is 24.7 Å². The van der Waals surface area contributed by atoms with E-state index in [9.17, 15) is 24.9 Å². The summed E-state index contributed by atoms with van der Waals surface area (Å²) in [5.74, 6) is 0. The van der Waals surface area contributed by atoms with Gasteiger partial charge >= 0.3 is 7.82 Å². The molecule has 0 spiro atoms. The molecule has 0 unspecified atom stereocenters. The summed E-state index contributed by atoms with van der Waals surface area (Å²) in [7, 11) is -4.77. The highest BCUT2D eigenvalue weighted by Gasteiger charge is 2.45. The van der Waals surface area contributed by atoms with Gasteiger partial charge in [0.1, 0.15) is 18.3 Å². The van der Waals surface area contributed by atoms with E-state index in [1.54, 1.807) is 0 Å². The molecule has 2 aromatic rings. The van der Waals surface area contributed by atoms with Crippen LogP contribution in [0.4, 0.5) is 5.69 Å². The molecule has 0 aliphatic carbocycles. The zero-order chi connectivity index (χ0) is 18.4. The highest BCUT2D eigenvalue weighted by Crippen LogP contribution is 2.39. The third-order valence-electron chi connectivity index (χ3n) is 3.80. The van der Waals surface area contributed by atoms with E-state index in [2.05, 4.69) is 9.62 Å². The number of phosphoric ester groups is 1. The van der Waals surface area contributed by atoms with Gasteiger partial charge in [-0.05, 0) is 6.07 Å². The van der Waals surface area contributed by atoms with Gasteiger partial charge in [-0.25, -0.2) is 9.25 Å². The van der Waals surface area contributed by atoms with Crippen molar-refractivity contribution in [2.45, 2.75) is 24.5 Å². The van der Waals surface area contributed by atoms with Gasteiger partial charge in [0.15, 0.2) is 6.23 Å². The first-order valence-electron chi connectivity index (χ1n) is 7.01. The molecule has 1 aromatic carbocycles. The SMILES string of the molecule is O=[N+]([O-])c1cccc2c1cnn2[C@@H]1O[C@H](COP(=O)(O)O)[C@@H](O)[C@H]1O. The van der Waals surface area contributed by atoms with Crippen molar-refractivity contribution in [1.29, 1.82) is 0 Å². The molecule has 0 amide bonds. The first kappa shape index (κ1) is 17.9. The molecule has 1 fully saturated rings. The topological polar surface area (TPSA) is 177 Å². The first-order chi connectivity index (χ1) is 11.7. The number of aromatic nitrogens is 2. The summed E-state index contributed by atoms with van der Waals surface area (Å²) in [6, 6.07) is 4.26. The lowest BCUT2D eigenvalue weighted by molar-refractivity contribution is -0.383. The number of nitro benzene ring substituents is 1. The van der Waals surface area contributed by atoms with Crippen molar-refractivity contribution >= 4 is 24.4 Å². The van der Waals surface area contributed by atoms with Crippen molar-refractivity contribution in [3.05, 3.63) is 34.5 Å². The van der Waals surface area contributed by atoms with Gasteiger partial charge in [-0.15, -0.1) is 0 Å². The average molecular weight is 375 g/mol. The number of non-ortho nitro benzene ring substituents is 1. The number of fused-ring (bicyclic) bond motifs is 1. The molecule has 0 radical (unpaired) electrons. The van der Waals surface area contributed by atoms with Crippen LogP contribution in [0.15, 0.2) is 24.4 Å². The lowest BCUT2D eigenvalue weighted by Crippen LogP contribution is -2.33. The Balaban J connectivity index is 1.89. The fourth-order valence-corrected chi connectivity index (χ4v) is 3.00. The fraction of sp³-hybridized carbons (Fsp3) is 0.417. The van der Waals surface area contributed by atoms with Crippen LogP contribution in [0.5, 0.6) is 0 Å². The number of rotatable bonds is 5. The van der Waals surface area contributed by atoms with E-state index in [1.165, 1.54) is 24.4 Å². The molecule has 1 aromatic heterocycles. The molecular formula is C12H14N3O9P. The average Bonchev–Trinajstić information content (AvgIpc) is 3.07. The largest absolute Gasteiger partial charge is 0.469 e. The second-order valence-corrected chi connectivity index (χ2v) is 6.63. The molecule has 3 rings (SSSR count). The summed E-state index contributed by atoms with van der Waals surface area (Å²) in [6.07, 6.45) is -4.16. The van der Waals surface area contributed by atoms with E-state index in [0.717, 1.165) is 4.68 Å². The third kappa shape index (κ3) is 3.41. The maximum absolute atomic E-state index is 11.1. The Kier molecular flexibility index (Phi) is 4.60. The normalized spacial score (nSPS) is 27.0. The van der Waals surface area contributed by atoms with Gasteiger partial charge in [0.2, 0.25) is 0 Å². The zero-order valence-electron chi connectivity index (χ0n) is 12.4. The van der Waals surface area contributed by atoms with Crippen molar-refractivity contribution in [3.8, 4) is 0 Å². The number of ether oxygens (including phenoxy) is 1. The molecule has 25 heavy (non-hydrogen) atoms. The van der Waals surface area contributed by atoms with Crippen molar-refractivity contribution in [2.75, 3.05) is 6.61 Å². The predicted molar refractivity (Wildman–Crippen MR) is 80.3 cm³/mol. The number of nitro groups is 1. The van der Waals surface area contributed by atoms with Gasteiger partial charge in [-0.3, -0.25) is 14.6 Å². The number of hydrogen-bond donors (Lipinski definition) is 4. The zero-order valence-corrected chi connectivity index (χ0v) is 13.3. The van der Waals surface area contributed by atoms with Crippen LogP contribution < -0.4 is 0 Å². The van der Waals surface area contributed by atoms with E-state index in [-0.39, 0.29) is 11.1 Å². The number of nitrogens with zero attached hydrogens (tertiary/aromatic N) is 3. The standard InChI is InChI=1S/C12H14N3O9P/c16-10-9(5-23-25(20,21)22)24-12(11(10)17)14-7-2-1-3-8(15(18)19)6(7)4-13-14/h1-4,9-12,16-17H,5H2,(H2,20,21,22)/t9-,10-,11-,12-/m1/s1. The summed E-state index contributed by atoms with van der Waals surface area (Å²) in [5.41, 5.74) is 0.111. The molecule has 1 saturated heterocycles. The van der Waals surface area contributed by atoms with E-state index in [4.69, 9.17) is 14.5 Å². The Hall–Kier alpha value is -1.92. The molecule has 12 nitrogen and oxygen atoms in total. The molecule has 4 atom stereocenters. The molecule has 4 N–H and O–H groups in total. The van der Waals surface area contributed by atoms with Gasteiger partial charge in [0.25, 0.3) is 5.69 Å². The summed E-state index contributed by atoms with van der Waals surface area (Å²) >= 11 is 0. The second kappa shape index (κ2) is 6.42. The maximum Gasteiger partial charge on any atom is 0.469 e. The van der Waals surface area contributed by atoms with Crippen molar-refractivity contribution in [2.24, 2.45) is 0 Å². The van der Waals surface area contributed by atoms with Crippen LogP contribution in [-0.4, -0.2) is 59.6 Å². The Morgan fingerprint density at radius 3 is 2.72 bits per heavy atom. The molecule has 0 bridgehead atoms. The quantitative estimate of drug-likeness (QED) is 0.307. The summed E-state index contributed by atoms with van der Waals surface area (Å²) in [6.45, 7) is -0.654. The van der Waals surface area contributed by atoms with Crippen molar-refractivity contribution < 1.29 is 38.7 Å². The first-order valence-corrected chi connectivity index (χ1v) is 8.54. The number of aliphatic hydroxyl groups is 2. The minimum atomic E-state index is -4.77. The van der Waals surface area contributed by atoms with Crippen LogP contribution in [0.3, 0.4) is 0 Å². The van der Waals surface area contributed by atoms with Crippen LogP contribution in [0.2, 0.25) is 0 Å². The van der Waals surface area contributed by atoms with Crippen LogP contribution in [0, 0.1) is 10.1 Å². The minimum absolute atomic E-state index is 0.182. The maximum atomic E-state index is 11.1. The van der Waals surface area contributed by atoms with Crippen LogP contribution >= 0.6 is 7.82 Å². The van der Waals surface area contributed by atoms with Gasteiger partial charge in [0, 0.05) is 6.07 Å². The van der Waals surface area contributed by atoms with Crippen LogP contribution in [-0.2, 0) is 13.8 Å². The highest BCUT2D eigenvalue weighted by molar-refractivity contribution is 7.46. The molecule has 136 valence electrons. The van der Waals surface area contributed by atoms with E-state index in [1.807, 2.05) is 0 Å². The Labute approximate surface area is 139 Å². The summed E-state index contributed by atoms with van der Waals surface area (Å²) in [4.78, 5) is 27.9. The Morgan fingerprint density at radius 1 is 1.36 bits per heavy atom. The second-order valence-electron chi connectivity index (χ2n) is 5.39. The van der Waals surface area contributed by atoms with Crippen molar-refractivity contribution in [1.82, 2.24) is 9.78 Å². The number of hydrogen-bond acceptors (Lipinski definition) is 8. The van der Waals surface area contributed by atoms with Gasteiger partial charge in [0.05, 0.1) is 28.6 Å². The molecule has 1 aliphatic heterocycles. The minimum Gasteiger partial charge on any atom is -0.387 e. The lowest BCUT2D eigenvalue weighted by atomic mass is 10.1. The summed E-state index contributed by atoms with van der Waals surface area (Å²) < 4.78 is 21.6.